The summed E-state index contributed by atoms with van der Waals surface area (Å²) in [5.41, 5.74) is 0.874. The highest BCUT2D eigenvalue weighted by Crippen LogP contribution is 2.14. The Morgan fingerprint density at radius 2 is 2.05 bits per heavy atom. The van der Waals surface area contributed by atoms with Crippen molar-refractivity contribution in [1.29, 1.82) is 0 Å². The van der Waals surface area contributed by atoms with Crippen molar-refractivity contribution >= 4 is 17.3 Å². The van der Waals surface area contributed by atoms with Crippen LogP contribution in [0.5, 0.6) is 0 Å². The summed E-state index contributed by atoms with van der Waals surface area (Å²) in [6.07, 6.45) is -2.13. The van der Waals surface area contributed by atoms with Gasteiger partial charge in [-0.25, -0.2) is 8.78 Å². The van der Waals surface area contributed by atoms with Crippen molar-refractivity contribution in [3.05, 3.63) is 41.0 Å². The van der Waals surface area contributed by atoms with Gasteiger partial charge in [-0.3, -0.25) is 0 Å². The number of rotatable bonds is 8. The van der Waals surface area contributed by atoms with Crippen molar-refractivity contribution < 1.29 is 18.0 Å². The van der Waals surface area contributed by atoms with Crippen LogP contribution in [-0.4, -0.2) is 29.8 Å². The molecule has 1 heterocycles. The highest BCUT2D eigenvalue weighted by molar-refractivity contribution is 6.30. The molecule has 0 atom stereocenters. The van der Waals surface area contributed by atoms with Crippen LogP contribution in [0.15, 0.2) is 28.8 Å². The minimum absolute atomic E-state index is 0.133. The van der Waals surface area contributed by atoms with Crippen LogP contribution in [0, 0.1) is 0 Å². The summed E-state index contributed by atoms with van der Waals surface area (Å²) in [4.78, 5) is 4.13. The Balaban J connectivity index is 1.73. The number of nitrogens with one attached hydrogen (secondary N) is 1. The third-order valence-corrected chi connectivity index (χ3v) is 2.76. The van der Waals surface area contributed by atoms with Gasteiger partial charge in [0.25, 0.3) is 6.43 Å². The number of aromatic nitrogens is 2. The molecule has 0 aliphatic carbocycles. The average Bonchev–Trinajstić information content (AvgIpc) is 2.91. The van der Waals surface area contributed by atoms with Gasteiger partial charge in [0, 0.05) is 17.1 Å². The van der Waals surface area contributed by atoms with Crippen molar-refractivity contribution in [3.8, 4) is 0 Å². The first-order valence-corrected chi connectivity index (χ1v) is 6.68. The molecule has 0 saturated heterocycles. The first kappa shape index (κ1) is 15.7. The maximum absolute atomic E-state index is 11.9. The third-order valence-electron chi connectivity index (χ3n) is 2.51. The molecule has 0 aliphatic heterocycles. The second kappa shape index (κ2) is 7.90. The highest BCUT2D eigenvalue weighted by Gasteiger charge is 2.07. The van der Waals surface area contributed by atoms with Gasteiger partial charge >= 0.3 is 0 Å². The van der Waals surface area contributed by atoms with E-state index in [0.717, 1.165) is 5.69 Å². The Hall–Kier alpha value is -1.73. The van der Waals surface area contributed by atoms with Crippen molar-refractivity contribution in [1.82, 2.24) is 10.1 Å². The quantitative estimate of drug-likeness (QED) is 0.758. The normalized spacial score (nSPS) is 11.0. The van der Waals surface area contributed by atoms with Crippen molar-refractivity contribution in [3.63, 3.8) is 0 Å². The van der Waals surface area contributed by atoms with Crippen LogP contribution in [-0.2, 0) is 17.7 Å². The summed E-state index contributed by atoms with van der Waals surface area (Å²) in [5.74, 6) is 0.839. The van der Waals surface area contributed by atoms with Crippen LogP contribution in [0.4, 0.5) is 14.5 Å². The molecule has 2 rings (SSSR count). The van der Waals surface area contributed by atoms with E-state index >= 15 is 0 Å². The number of hydrogen-bond acceptors (Lipinski definition) is 5. The van der Waals surface area contributed by atoms with E-state index < -0.39 is 13.0 Å². The Labute approximate surface area is 125 Å². The number of anilines is 1. The van der Waals surface area contributed by atoms with Gasteiger partial charge in [-0.1, -0.05) is 16.8 Å². The largest absolute Gasteiger partial charge is 0.376 e. The lowest BCUT2D eigenvalue weighted by Gasteiger charge is -2.02. The second-order valence-corrected chi connectivity index (χ2v) is 4.62. The zero-order valence-corrected chi connectivity index (χ0v) is 11.8. The maximum Gasteiger partial charge on any atom is 0.261 e. The van der Waals surface area contributed by atoms with E-state index in [0.29, 0.717) is 29.7 Å². The van der Waals surface area contributed by atoms with Crippen LogP contribution in [0.25, 0.3) is 0 Å². The number of benzene rings is 1. The summed E-state index contributed by atoms with van der Waals surface area (Å²) in [5, 5.41) is 7.50. The van der Waals surface area contributed by atoms with Gasteiger partial charge in [0.2, 0.25) is 5.89 Å². The number of ether oxygens (including phenoxy) is 1. The smallest absolute Gasteiger partial charge is 0.261 e. The first-order chi connectivity index (χ1) is 10.1. The van der Waals surface area contributed by atoms with Gasteiger partial charge in [0.05, 0.1) is 13.2 Å². The van der Waals surface area contributed by atoms with Crippen LogP contribution < -0.4 is 5.32 Å². The van der Waals surface area contributed by atoms with Gasteiger partial charge in [-0.05, 0) is 24.3 Å². The van der Waals surface area contributed by atoms with Crippen LogP contribution >= 0.6 is 11.6 Å². The summed E-state index contributed by atoms with van der Waals surface area (Å²) < 4.78 is 33.5. The van der Waals surface area contributed by atoms with Gasteiger partial charge in [0.15, 0.2) is 5.82 Å². The summed E-state index contributed by atoms with van der Waals surface area (Å²) in [6, 6.07) is 7.20. The lowest BCUT2D eigenvalue weighted by atomic mass is 10.3. The van der Waals surface area contributed by atoms with E-state index in [1.165, 1.54) is 0 Å². The van der Waals surface area contributed by atoms with Crippen LogP contribution in [0.3, 0.4) is 0 Å². The molecule has 114 valence electrons. The molecule has 0 unspecified atom stereocenters. The molecular formula is C13H14ClF2N3O2. The lowest BCUT2D eigenvalue weighted by molar-refractivity contribution is 0.0182. The Morgan fingerprint density at radius 1 is 1.29 bits per heavy atom. The molecule has 1 aromatic carbocycles. The molecule has 0 aliphatic rings. The number of alkyl halides is 2. The second-order valence-electron chi connectivity index (χ2n) is 4.18. The molecule has 21 heavy (non-hydrogen) atoms. The number of nitrogens with zero attached hydrogens (tertiary/aromatic N) is 2. The molecule has 1 aromatic heterocycles. The topological polar surface area (TPSA) is 60.2 Å². The molecule has 0 spiro atoms. The standard InChI is InChI=1S/C13H14ClF2N3O2/c14-9-1-3-10(4-2-9)17-7-13-18-12(19-21-13)5-6-20-8-11(15)16/h1-4,11,17H,5-8H2. The summed E-state index contributed by atoms with van der Waals surface area (Å²) >= 11 is 5.78. The zero-order chi connectivity index (χ0) is 15.1. The molecule has 0 amide bonds. The third kappa shape index (κ3) is 5.65. The van der Waals surface area contributed by atoms with E-state index in [9.17, 15) is 8.78 Å². The van der Waals surface area contributed by atoms with Gasteiger partial charge in [-0.15, -0.1) is 0 Å². The van der Waals surface area contributed by atoms with E-state index in [1.54, 1.807) is 12.1 Å². The van der Waals surface area contributed by atoms with Crippen LogP contribution in [0.1, 0.15) is 11.7 Å². The minimum Gasteiger partial charge on any atom is -0.376 e. The Kier molecular flexibility index (Phi) is 5.89. The van der Waals surface area contributed by atoms with E-state index in [1.807, 2.05) is 12.1 Å². The maximum atomic E-state index is 11.9. The predicted octanol–water partition coefficient (Wildman–Crippen LogP) is 3.16. The minimum atomic E-state index is -2.46. The zero-order valence-electron chi connectivity index (χ0n) is 11.1. The van der Waals surface area contributed by atoms with E-state index in [4.69, 9.17) is 20.9 Å². The molecule has 1 N–H and O–H groups in total. The monoisotopic (exact) mass is 317 g/mol. The summed E-state index contributed by atoms with van der Waals surface area (Å²) in [6.45, 7) is -0.0801. The van der Waals surface area contributed by atoms with E-state index in [-0.39, 0.29) is 6.61 Å². The van der Waals surface area contributed by atoms with Gasteiger partial charge in [0.1, 0.15) is 6.61 Å². The van der Waals surface area contributed by atoms with Crippen LogP contribution in [0.2, 0.25) is 5.02 Å². The number of halogens is 3. The molecule has 2 aromatic rings. The molecule has 8 heteroatoms. The van der Waals surface area contributed by atoms with Gasteiger partial charge < -0.3 is 14.6 Å². The lowest BCUT2D eigenvalue weighted by Crippen LogP contribution is -2.07. The molecule has 0 saturated carbocycles. The Bertz CT molecular complexity index is 549. The molecule has 5 nitrogen and oxygen atoms in total. The fourth-order valence-electron chi connectivity index (χ4n) is 1.54. The fraction of sp³-hybridized carbons (Fsp3) is 0.385. The van der Waals surface area contributed by atoms with Crippen molar-refractivity contribution in [2.45, 2.75) is 19.4 Å². The SMILES string of the molecule is FC(F)COCCc1noc(CNc2ccc(Cl)cc2)n1. The predicted molar refractivity (Wildman–Crippen MR) is 73.6 cm³/mol. The molecule has 0 radical (unpaired) electrons. The van der Waals surface area contributed by atoms with E-state index in [2.05, 4.69) is 15.5 Å². The average molecular weight is 318 g/mol. The highest BCUT2D eigenvalue weighted by atomic mass is 35.5. The molecular weight excluding hydrogens is 304 g/mol. The Morgan fingerprint density at radius 3 is 2.76 bits per heavy atom. The summed E-state index contributed by atoms with van der Waals surface area (Å²) in [7, 11) is 0. The van der Waals surface area contributed by atoms with Crippen molar-refractivity contribution in [2.24, 2.45) is 0 Å². The van der Waals surface area contributed by atoms with Crippen molar-refractivity contribution in [2.75, 3.05) is 18.5 Å². The molecule has 0 fully saturated rings. The first-order valence-electron chi connectivity index (χ1n) is 6.30. The molecule has 0 bridgehead atoms. The fourth-order valence-corrected chi connectivity index (χ4v) is 1.67. The number of hydrogen-bond donors (Lipinski definition) is 1. The van der Waals surface area contributed by atoms with Gasteiger partial charge in [-0.2, -0.15) is 4.98 Å².